The molecule has 0 spiro atoms. The number of hydrogen-bond donors (Lipinski definition) is 1. The van der Waals surface area contributed by atoms with Gasteiger partial charge in [0, 0.05) is 19.3 Å². The predicted octanol–water partition coefficient (Wildman–Crippen LogP) is 3.15. The summed E-state index contributed by atoms with van der Waals surface area (Å²) in [5, 5.41) is 10.6. The van der Waals surface area contributed by atoms with E-state index < -0.39 is 33.6 Å². The highest BCUT2D eigenvalue weighted by Gasteiger charge is 2.44. The summed E-state index contributed by atoms with van der Waals surface area (Å²) in [5.74, 6) is -1.60. The van der Waals surface area contributed by atoms with Crippen molar-refractivity contribution < 1.29 is 27.5 Å². The van der Waals surface area contributed by atoms with Gasteiger partial charge in [-0.2, -0.15) is 9.98 Å². The van der Waals surface area contributed by atoms with E-state index in [0.717, 1.165) is 5.39 Å². The fourth-order valence-electron chi connectivity index (χ4n) is 4.48. The highest BCUT2D eigenvalue weighted by molar-refractivity contribution is 7.89. The second kappa shape index (κ2) is 11.0. The molecule has 1 saturated heterocycles. The van der Waals surface area contributed by atoms with Gasteiger partial charge in [-0.3, -0.25) is 9.59 Å². The minimum atomic E-state index is -4.22. The van der Waals surface area contributed by atoms with Gasteiger partial charge in [0.25, 0.3) is 0 Å². The number of carbonyl (C=O) groups is 2. The number of hydrogen-bond acceptors (Lipinski definition) is 8. The summed E-state index contributed by atoms with van der Waals surface area (Å²) < 4.78 is 40.3. The molecule has 1 amide bonds. The molecule has 39 heavy (non-hydrogen) atoms. The number of sulfonamides is 1. The number of esters is 1. The van der Waals surface area contributed by atoms with E-state index in [2.05, 4.69) is 9.71 Å². The number of nitriles is 1. The number of ether oxygens (including phenoxy) is 2. The summed E-state index contributed by atoms with van der Waals surface area (Å²) >= 11 is 0. The van der Waals surface area contributed by atoms with Gasteiger partial charge in [0.15, 0.2) is 0 Å². The SMILES string of the molecule is COc1ccc2ccc(S(=O)(=O)NC(C(=O)OC(C)(C)C)[C@@H]3CCN(Cc4ccnc(C#N)c4)C3=O)cc2c1. The van der Waals surface area contributed by atoms with Crippen LogP contribution in [0.5, 0.6) is 5.75 Å². The summed E-state index contributed by atoms with van der Waals surface area (Å²) in [6, 6.07) is 13.7. The third kappa shape index (κ3) is 6.53. The van der Waals surface area contributed by atoms with Crippen LogP contribution in [0, 0.1) is 17.2 Å². The molecule has 3 aromatic rings. The normalized spacial score (nSPS) is 16.6. The quantitative estimate of drug-likeness (QED) is 0.422. The molecule has 4 rings (SSSR count). The third-order valence-electron chi connectivity index (χ3n) is 6.33. The van der Waals surface area contributed by atoms with E-state index >= 15 is 0 Å². The van der Waals surface area contributed by atoms with Gasteiger partial charge in [-0.25, -0.2) is 13.4 Å². The van der Waals surface area contributed by atoms with Gasteiger partial charge < -0.3 is 14.4 Å². The van der Waals surface area contributed by atoms with E-state index in [4.69, 9.17) is 14.7 Å². The van der Waals surface area contributed by atoms with E-state index in [9.17, 15) is 18.0 Å². The molecular formula is C28H30N4O6S. The van der Waals surface area contributed by atoms with Crippen LogP contribution in [0.2, 0.25) is 0 Å². The number of aromatic nitrogens is 1. The Morgan fingerprint density at radius 2 is 1.92 bits per heavy atom. The maximum atomic E-state index is 13.5. The number of likely N-dealkylation sites (tertiary alicyclic amines) is 1. The van der Waals surface area contributed by atoms with Gasteiger partial charge in [0.2, 0.25) is 15.9 Å². The molecule has 1 N–H and O–H groups in total. The zero-order chi connectivity index (χ0) is 28.4. The molecule has 10 nitrogen and oxygen atoms in total. The van der Waals surface area contributed by atoms with Crippen LogP contribution >= 0.6 is 0 Å². The zero-order valence-electron chi connectivity index (χ0n) is 22.2. The molecule has 0 radical (unpaired) electrons. The number of nitrogens with zero attached hydrogens (tertiary/aromatic N) is 3. The first kappa shape index (κ1) is 28.0. The van der Waals surface area contributed by atoms with Crippen LogP contribution in [0.1, 0.15) is 38.4 Å². The summed E-state index contributed by atoms with van der Waals surface area (Å²) in [6.45, 7) is 5.53. The number of rotatable bonds is 8. The second-order valence-electron chi connectivity index (χ2n) is 10.3. The molecule has 0 bridgehead atoms. The average molecular weight is 551 g/mol. The van der Waals surface area contributed by atoms with Crippen LogP contribution in [0.25, 0.3) is 10.8 Å². The zero-order valence-corrected chi connectivity index (χ0v) is 23.0. The Balaban J connectivity index is 1.62. The fraction of sp³-hybridized carbons (Fsp3) is 0.357. The summed E-state index contributed by atoms with van der Waals surface area (Å²) in [4.78, 5) is 32.1. The van der Waals surface area contributed by atoms with Crippen molar-refractivity contribution in [1.82, 2.24) is 14.6 Å². The first-order chi connectivity index (χ1) is 18.4. The van der Waals surface area contributed by atoms with E-state index in [1.165, 1.54) is 30.3 Å². The molecule has 1 unspecified atom stereocenters. The Morgan fingerprint density at radius 3 is 2.62 bits per heavy atom. The molecule has 2 atom stereocenters. The maximum Gasteiger partial charge on any atom is 0.325 e. The monoisotopic (exact) mass is 550 g/mol. The summed E-state index contributed by atoms with van der Waals surface area (Å²) in [5.41, 5.74) is 0.0337. The number of pyridine rings is 1. The molecule has 1 aliphatic rings. The standard InChI is InChI=1S/C28H30N4O6S/c1-28(2,3)38-27(34)25(24-10-12-32(26(24)33)17-18-9-11-30-21(13-18)16-29)31-39(35,36)23-8-6-19-5-7-22(37-4)14-20(19)15-23/h5-9,11,13-15,24-25,31H,10,12,17H2,1-4H3/t24-,25?/m0/s1. The number of methoxy groups -OCH3 is 1. The number of nitrogens with one attached hydrogen (secondary N) is 1. The Labute approximate surface area is 227 Å². The van der Waals surface area contributed by atoms with Crippen molar-refractivity contribution in [2.24, 2.45) is 5.92 Å². The lowest BCUT2D eigenvalue weighted by Crippen LogP contribution is -2.50. The van der Waals surface area contributed by atoms with Crippen molar-refractivity contribution in [2.75, 3.05) is 13.7 Å². The maximum absolute atomic E-state index is 13.5. The van der Waals surface area contributed by atoms with Gasteiger partial charge in [-0.05, 0) is 79.9 Å². The van der Waals surface area contributed by atoms with Gasteiger partial charge in [0.1, 0.15) is 29.2 Å². The van der Waals surface area contributed by atoms with Crippen LogP contribution in [-0.4, -0.2) is 55.5 Å². The van der Waals surface area contributed by atoms with Crippen LogP contribution < -0.4 is 9.46 Å². The highest BCUT2D eigenvalue weighted by atomic mass is 32.2. The van der Waals surface area contributed by atoms with Crippen LogP contribution in [-0.2, 0) is 30.9 Å². The van der Waals surface area contributed by atoms with Crippen molar-refractivity contribution in [3.8, 4) is 11.8 Å². The van der Waals surface area contributed by atoms with E-state index in [-0.39, 0.29) is 29.5 Å². The average Bonchev–Trinajstić information content (AvgIpc) is 3.24. The predicted molar refractivity (Wildman–Crippen MR) is 143 cm³/mol. The molecule has 204 valence electrons. The third-order valence-corrected chi connectivity index (χ3v) is 7.76. The largest absolute Gasteiger partial charge is 0.497 e. The number of benzene rings is 2. The Morgan fingerprint density at radius 1 is 1.18 bits per heavy atom. The molecule has 1 aromatic heterocycles. The van der Waals surface area contributed by atoms with Crippen molar-refractivity contribution >= 4 is 32.7 Å². The minimum Gasteiger partial charge on any atom is -0.497 e. The van der Waals surface area contributed by atoms with Crippen molar-refractivity contribution in [3.63, 3.8) is 0 Å². The topological polar surface area (TPSA) is 139 Å². The van der Waals surface area contributed by atoms with Gasteiger partial charge >= 0.3 is 5.97 Å². The molecular weight excluding hydrogens is 520 g/mol. The van der Waals surface area contributed by atoms with Gasteiger partial charge in [0.05, 0.1) is 17.9 Å². The van der Waals surface area contributed by atoms with Crippen molar-refractivity contribution in [3.05, 3.63) is 66.0 Å². The Bertz CT molecular complexity index is 1560. The smallest absolute Gasteiger partial charge is 0.325 e. The van der Waals surface area contributed by atoms with Crippen LogP contribution in [0.15, 0.2) is 59.6 Å². The minimum absolute atomic E-state index is 0.0556. The fourth-order valence-corrected chi connectivity index (χ4v) is 5.74. The van der Waals surface area contributed by atoms with Gasteiger partial charge in [-0.1, -0.05) is 12.1 Å². The number of carbonyl (C=O) groups excluding carboxylic acids is 2. The Kier molecular flexibility index (Phi) is 7.90. The van der Waals surface area contributed by atoms with E-state index in [1.54, 1.807) is 51.1 Å². The summed E-state index contributed by atoms with van der Waals surface area (Å²) in [6.07, 6.45) is 1.74. The molecule has 2 aromatic carbocycles. The molecule has 0 aliphatic carbocycles. The van der Waals surface area contributed by atoms with E-state index in [1.807, 2.05) is 12.1 Å². The molecule has 2 heterocycles. The lowest BCUT2D eigenvalue weighted by molar-refractivity contribution is -0.160. The lowest BCUT2D eigenvalue weighted by atomic mass is 9.99. The lowest BCUT2D eigenvalue weighted by Gasteiger charge is -2.27. The molecule has 0 saturated carbocycles. The number of amides is 1. The first-order valence-corrected chi connectivity index (χ1v) is 13.9. The van der Waals surface area contributed by atoms with Gasteiger partial charge in [-0.15, -0.1) is 0 Å². The number of fused-ring (bicyclic) bond motifs is 1. The van der Waals surface area contributed by atoms with Crippen LogP contribution in [0.3, 0.4) is 0 Å². The Hall–Kier alpha value is -4.01. The first-order valence-electron chi connectivity index (χ1n) is 12.4. The van der Waals surface area contributed by atoms with Crippen molar-refractivity contribution in [1.29, 1.82) is 5.26 Å². The summed E-state index contributed by atoms with van der Waals surface area (Å²) in [7, 11) is -2.70. The van der Waals surface area contributed by atoms with Crippen molar-refractivity contribution in [2.45, 2.75) is 50.3 Å². The molecule has 11 heteroatoms. The molecule has 1 fully saturated rings. The second-order valence-corrected chi connectivity index (χ2v) is 12.0. The van der Waals surface area contributed by atoms with E-state index in [0.29, 0.717) is 23.2 Å². The molecule has 1 aliphatic heterocycles. The van der Waals surface area contributed by atoms with Crippen LogP contribution in [0.4, 0.5) is 0 Å². The highest BCUT2D eigenvalue weighted by Crippen LogP contribution is 2.28.